The summed E-state index contributed by atoms with van der Waals surface area (Å²) >= 11 is 0. The monoisotopic (exact) mass is 378 g/mol. The number of nitrogens with zero attached hydrogens (tertiary/aromatic N) is 1. The second kappa shape index (κ2) is 8.05. The van der Waals surface area contributed by atoms with Gasteiger partial charge in [0.15, 0.2) is 0 Å². The van der Waals surface area contributed by atoms with Crippen LogP contribution in [0.1, 0.15) is 42.0 Å². The van der Waals surface area contributed by atoms with Gasteiger partial charge in [-0.05, 0) is 72.4 Å². The van der Waals surface area contributed by atoms with E-state index in [1.54, 1.807) is 0 Å². The molecule has 1 aromatic heterocycles. The van der Waals surface area contributed by atoms with Crippen LogP contribution in [0.5, 0.6) is 0 Å². The molecule has 3 aromatic carbocycles. The van der Waals surface area contributed by atoms with Gasteiger partial charge in [0.05, 0.1) is 5.69 Å². The van der Waals surface area contributed by atoms with Crippen molar-refractivity contribution in [3.05, 3.63) is 113 Å². The van der Waals surface area contributed by atoms with Gasteiger partial charge < -0.3 is 0 Å². The highest BCUT2D eigenvalue weighted by Crippen LogP contribution is 2.32. The Balaban J connectivity index is 1.77. The highest BCUT2D eigenvalue weighted by molar-refractivity contribution is 5.75. The number of hydrogen-bond acceptors (Lipinski definition) is 1. The molecule has 1 unspecified atom stereocenters. The second-order valence-electron chi connectivity index (χ2n) is 7.78. The molecular weight excluding hydrogens is 350 g/mol. The minimum atomic E-state index is -0.820. The molecule has 0 amide bonds. The zero-order valence-corrected chi connectivity index (χ0v) is 17.5. The molecule has 1 nitrogen and oxygen atoms in total. The third-order valence-corrected chi connectivity index (χ3v) is 5.52. The quantitative estimate of drug-likeness (QED) is 0.358. The van der Waals surface area contributed by atoms with Gasteiger partial charge >= 0.3 is 0 Å². The van der Waals surface area contributed by atoms with Gasteiger partial charge in [0.1, 0.15) is 0 Å². The molecule has 1 heterocycles. The maximum atomic E-state index is 9.00. The molecule has 1 heteroatoms. The van der Waals surface area contributed by atoms with Gasteiger partial charge in [0.2, 0.25) is 0 Å². The van der Waals surface area contributed by atoms with Crippen molar-refractivity contribution < 1.29 is 1.37 Å². The summed E-state index contributed by atoms with van der Waals surface area (Å²) in [5.41, 5.74) is 10.2. The van der Waals surface area contributed by atoms with E-state index in [1.165, 1.54) is 27.8 Å². The van der Waals surface area contributed by atoms with Crippen molar-refractivity contribution >= 4 is 0 Å². The van der Waals surface area contributed by atoms with E-state index in [1.807, 2.05) is 55.6 Å². The Morgan fingerprint density at radius 2 is 1.41 bits per heavy atom. The molecule has 0 saturated heterocycles. The van der Waals surface area contributed by atoms with Crippen molar-refractivity contribution in [2.45, 2.75) is 33.6 Å². The number of aromatic nitrogens is 1. The van der Waals surface area contributed by atoms with E-state index in [-0.39, 0.29) is 0 Å². The van der Waals surface area contributed by atoms with Crippen LogP contribution in [0, 0.1) is 20.8 Å². The molecule has 0 saturated carbocycles. The lowest BCUT2D eigenvalue weighted by Gasteiger charge is -2.15. The van der Waals surface area contributed by atoms with E-state index >= 15 is 0 Å². The summed E-state index contributed by atoms with van der Waals surface area (Å²) in [7, 11) is 0. The highest BCUT2D eigenvalue weighted by Gasteiger charge is 2.12. The number of aryl methyl sites for hydroxylation is 3. The third-order valence-electron chi connectivity index (χ3n) is 5.52. The Kier molecular flexibility index (Phi) is 4.96. The van der Waals surface area contributed by atoms with Crippen LogP contribution in [0.4, 0.5) is 0 Å². The fourth-order valence-corrected chi connectivity index (χ4v) is 4.15. The normalized spacial score (nSPS) is 13.6. The summed E-state index contributed by atoms with van der Waals surface area (Å²) in [6, 6.07) is 26.9. The Hall–Kier alpha value is -3.19. The van der Waals surface area contributed by atoms with E-state index < -0.39 is 5.89 Å². The first-order chi connectivity index (χ1) is 14.4. The van der Waals surface area contributed by atoms with Crippen LogP contribution in [-0.4, -0.2) is 4.98 Å². The van der Waals surface area contributed by atoms with Gasteiger partial charge in [-0.3, -0.25) is 4.98 Å². The molecule has 0 radical (unpaired) electrons. The largest absolute Gasteiger partial charge is 0.256 e. The molecule has 4 aromatic rings. The summed E-state index contributed by atoms with van der Waals surface area (Å²) in [6.07, 6.45) is 1.88. The predicted octanol–water partition coefficient (Wildman–Crippen LogP) is 7.49. The Labute approximate surface area is 175 Å². The van der Waals surface area contributed by atoms with E-state index in [9.17, 15) is 0 Å². The second-order valence-corrected chi connectivity index (χ2v) is 7.78. The fraction of sp³-hybridized carbons (Fsp3) is 0.179. The minimum absolute atomic E-state index is 0.820. The lowest BCUT2D eigenvalue weighted by Crippen LogP contribution is -1.96. The topological polar surface area (TPSA) is 12.9 Å². The molecule has 0 aliphatic heterocycles. The van der Waals surface area contributed by atoms with Crippen molar-refractivity contribution in [3.63, 3.8) is 0 Å². The maximum Gasteiger partial charge on any atom is 0.0708 e. The van der Waals surface area contributed by atoms with Gasteiger partial charge in [0, 0.05) is 19.0 Å². The van der Waals surface area contributed by atoms with Crippen molar-refractivity contribution in [1.29, 1.82) is 0 Å². The molecule has 0 spiro atoms. The van der Waals surface area contributed by atoms with Crippen LogP contribution in [0.15, 0.2) is 85.1 Å². The predicted molar refractivity (Wildman–Crippen MR) is 123 cm³/mol. The molecule has 0 aliphatic rings. The van der Waals surface area contributed by atoms with Crippen LogP contribution in [-0.2, 0) is 0 Å². The maximum absolute atomic E-state index is 9.00. The van der Waals surface area contributed by atoms with Gasteiger partial charge in [-0.1, -0.05) is 73.2 Å². The average Bonchev–Trinajstić information content (AvgIpc) is 2.74. The zero-order chi connectivity index (χ0) is 21.3. The molecule has 0 bridgehead atoms. The summed E-state index contributed by atoms with van der Waals surface area (Å²) in [6.45, 7) is 8.42. The van der Waals surface area contributed by atoms with Crippen LogP contribution < -0.4 is 0 Å². The SMILES string of the molecule is [2H]C(C)(c1ccccc1)c1cccc(-c2cc(-c3c(C)cc(C)cc3C)ccn2)c1. The lowest BCUT2D eigenvalue weighted by molar-refractivity contribution is 0.923. The van der Waals surface area contributed by atoms with Crippen molar-refractivity contribution in [2.75, 3.05) is 0 Å². The standard InChI is InChI=1S/C28H27N/c1-19-15-20(2)28(21(3)16-19)26-13-14-29-27(18-26)25-12-8-11-24(17-25)22(4)23-9-6-5-7-10-23/h5-18,22H,1-4H3/i22D. The summed E-state index contributed by atoms with van der Waals surface area (Å²) in [4.78, 5) is 4.65. The first kappa shape index (κ1) is 17.9. The average molecular weight is 379 g/mol. The van der Waals surface area contributed by atoms with Crippen molar-refractivity contribution in [2.24, 2.45) is 0 Å². The number of rotatable bonds is 4. The molecule has 0 fully saturated rings. The smallest absolute Gasteiger partial charge is 0.0708 e. The van der Waals surface area contributed by atoms with Crippen molar-refractivity contribution in [1.82, 2.24) is 4.98 Å². The zero-order valence-electron chi connectivity index (χ0n) is 18.5. The molecule has 0 N–H and O–H groups in total. The van der Waals surface area contributed by atoms with E-state index in [4.69, 9.17) is 1.37 Å². The van der Waals surface area contributed by atoms with Crippen LogP contribution >= 0.6 is 0 Å². The number of benzene rings is 3. The minimum Gasteiger partial charge on any atom is -0.256 e. The summed E-state index contributed by atoms with van der Waals surface area (Å²) < 4.78 is 9.00. The molecule has 29 heavy (non-hydrogen) atoms. The first-order valence-corrected chi connectivity index (χ1v) is 10.1. The molecule has 144 valence electrons. The highest BCUT2D eigenvalue weighted by atomic mass is 14.7. The molecule has 0 aliphatic carbocycles. The fourth-order valence-electron chi connectivity index (χ4n) is 4.15. The van der Waals surface area contributed by atoms with E-state index in [2.05, 4.69) is 62.2 Å². The Morgan fingerprint density at radius 3 is 2.14 bits per heavy atom. The lowest BCUT2D eigenvalue weighted by atomic mass is 9.91. The molecule has 1 atom stereocenters. The first-order valence-electron chi connectivity index (χ1n) is 10.6. The summed E-state index contributed by atoms with van der Waals surface area (Å²) in [5, 5.41) is 0. The Bertz CT molecular complexity index is 1170. The van der Waals surface area contributed by atoms with Crippen LogP contribution in [0.3, 0.4) is 0 Å². The Morgan fingerprint density at radius 1 is 0.724 bits per heavy atom. The van der Waals surface area contributed by atoms with E-state index in [0.29, 0.717) is 0 Å². The van der Waals surface area contributed by atoms with Crippen molar-refractivity contribution in [3.8, 4) is 22.4 Å². The molecule has 4 rings (SSSR count). The van der Waals surface area contributed by atoms with Gasteiger partial charge in [0.25, 0.3) is 0 Å². The third kappa shape index (κ3) is 4.00. The summed E-state index contributed by atoms with van der Waals surface area (Å²) in [5.74, 6) is -0.820. The number of hydrogen-bond donors (Lipinski definition) is 0. The van der Waals surface area contributed by atoms with Crippen LogP contribution in [0.25, 0.3) is 22.4 Å². The van der Waals surface area contributed by atoms with Gasteiger partial charge in [-0.2, -0.15) is 0 Å². The number of pyridine rings is 1. The van der Waals surface area contributed by atoms with Gasteiger partial charge in [-0.15, -0.1) is 0 Å². The van der Waals surface area contributed by atoms with Crippen LogP contribution in [0.2, 0.25) is 0 Å². The molecular formula is C28H27N. The van der Waals surface area contributed by atoms with Gasteiger partial charge in [-0.25, -0.2) is 0 Å². The van der Waals surface area contributed by atoms with E-state index in [0.717, 1.165) is 22.4 Å².